The Morgan fingerprint density at radius 3 is 2.34 bits per heavy atom. The molecule has 2 fully saturated rings. The summed E-state index contributed by atoms with van der Waals surface area (Å²) in [6.07, 6.45) is 1.42. The number of hydrogen-bond donors (Lipinski definition) is 0. The third kappa shape index (κ3) is 11.8. The number of carbonyl (C=O) groups excluding carboxylic acids is 3. The van der Waals surface area contributed by atoms with Gasteiger partial charge in [-0.05, 0) is 94.3 Å². The van der Waals surface area contributed by atoms with Gasteiger partial charge in [0.15, 0.2) is 13.4 Å². The van der Waals surface area contributed by atoms with Gasteiger partial charge in [-0.1, -0.05) is 19.6 Å². The zero-order chi connectivity index (χ0) is 42.6. The van der Waals surface area contributed by atoms with E-state index in [0.717, 1.165) is 18.2 Å². The number of fused-ring (bicyclic) bond motifs is 1. The molecule has 2 heterocycles. The zero-order valence-electron chi connectivity index (χ0n) is 34.1. The maximum atomic E-state index is 15.1. The number of halogens is 3. The van der Waals surface area contributed by atoms with Crippen LogP contribution in [0.15, 0.2) is 36.4 Å². The van der Waals surface area contributed by atoms with E-state index in [9.17, 15) is 31.2 Å². The molecule has 58 heavy (non-hydrogen) atoms. The van der Waals surface area contributed by atoms with E-state index >= 15 is 4.79 Å². The monoisotopic (exact) mass is 857 g/mol. The molecule has 1 saturated heterocycles. The summed E-state index contributed by atoms with van der Waals surface area (Å²) in [7, 11) is -5.96. The van der Waals surface area contributed by atoms with E-state index in [2.05, 4.69) is 23.8 Å². The van der Waals surface area contributed by atoms with Gasteiger partial charge in [-0.15, -0.1) is 0 Å². The number of amides is 3. The third-order valence-corrected chi connectivity index (χ3v) is 12.4. The highest BCUT2D eigenvalue weighted by Crippen LogP contribution is 2.44. The van der Waals surface area contributed by atoms with Gasteiger partial charge in [0.05, 0.1) is 11.6 Å². The summed E-state index contributed by atoms with van der Waals surface area (Å²) in [4.78, 5) is 46.2. The molecule has 3 aliphatic rings. The molecule has 2 aromatic rings. The number of likely N-dealkylation sites (tertiary alicyclic amines) is 1. The normalized spacial score (nSPS) is 19.0. The average molecular weight is 858 g/mol. The molecular formula is C39H54F3N3O11SSi. The number of methoxy groups -OCH3 is 1. The van der Waals surface area contributed by atoms with E-state index in [1.54, 1.807) is 55.9 Å². The first-order valence-corrected chi connectivity index (χ1v) is 24.4. The van der Waals surface area contributed by atoms with Gasteiger partial charge in [0, 0.05) is 65.8 Å². The van der Waals surface area contributed by atoms with Crippen molar-refractivity contribution in [3.63, 3.8) is 0 Å². The first-order chi connectivity index (χ1) is 27.1. The molecule has 14 nitrogen and oxygen atoms in total. The molecular weight excluding hydrogens is 804 g/mol. The Morgan fingerprint density at radius 1 is 1.00 bits per heavy atom. The largest absolute Gasteiger partial charge is 0.534 e. The summed E-state index contributed by atoms with van der Waals surface area (Å²) in [6, 6.07) is 9.45. The molecule has 0 bridgehead atoms. The number of rotatable bonds is 16. The van der Waals surface area contributed by atoms with Crippen LogP contribution in [-0.2, 0) is 33.9 Å². The predicted molar refractivity (Wildman–Crippen MR) is 212 cm³/mol. The van der Waals surface area contributed by atoms with E-state index < -0.39 is 53.0 Å². The average Bonchev–Trinajstić information content (AvgIpc) is 3.95. The van der Waals surface area contributed by atoms with Gasteiger partial charge in [-0.25, -0.2) is 4.79 Å². The minimum absolute atomic E-state index is 0.0365. The summed E-state index contributed by atoms with van der Waals surface area (Å²) in [6.45, 7) is 12.4. The highest BCUT2D eigenvalue weighted by molar-refractivity contribution is 7.88. The lowest BCUT2D eigenvalue weighted by Crippen LogP contribution is -2.51. The maximum Gasteiger partial charge on any atom is 0.534 e. The van der Waals surface area contributed by atoms with Crippen LogP contribution in [0.3, 0.4) is 0 Å². The van der Waals surface area contributed by atoms with Gasteiger partial charge in [0.1, 0.15) is 22.8 Å². The zero-order valence-corrected chi connectivity index (χ0v) is 35.9. The van der Waals surface area contributed by atoms with Crippen molar-refractivity contribution in [3.05, 3.63) is 42.0 Å². The molecule has 3 amide bonds. The van der Waals surface area contributed by atoms with Crippen molar-refractivity contribution in [1.82, 2.24) is 4.90 Å². The Labute approximate surface area is 338 Å². The minimum atomic E-state index is -6.08. The second kappa shape index (κ2) is 18.0. The number of ether oxygens (including phenoxy) is 5. The van der Waals surface area contributed by atoms with Crippen LogP contribution in [0.4, 0.5) is 29.3 Å². The van der Waals surface area contributed by atoms with Gasteiger partial charge in [0.25, 0.3) is 5.91 Å². The van der Waals surface area contributed by atoms with Crippen LogP contribution in [0.2, 0.25) is 25.7 Å². The molecule has 0 unspecified atom stereocenters. The van der Waals surface area contributed by atoms with Crippen LogP contribution in [-0.4, -0.2) is 110 Å². The van der Waals surface area contributed by atoms with Gasteiger partial charge in [-0.3, -0.25) is 9.59 Å². The van der Waals surface area contributed by atoms with Gasteiger partial charge < -0.3 is 42.6 Å². The van der Waals surface area contributed by atoms with Crippen LogP contribution < -0.4 is 23.5 Å². The summed E-state index contributed by atoms with van der Waals surface area (Å²) < 4.78 is 97.6. The number of alkyl halides is 3. The fourth-order valence-corrected chi connectivity index (χ4v) is 7.94. The topological polar surface area (TPSA) is 150 Å². The molecule has 2 atom stereocenters. The van der Waals surface area contributed by atoms with Crippen molar-refractivity contribution in [1.29, 1.82) is 0 Å². The fourth-order valence-electron chi connectivity index (χ4n) is 6.74. The summed E-state index contributed by atoms with van der Waals surface area (Å²) in [5, 5.41) is 0. The molecule has 0 N–H and O–H groups in total. The molecule has 2 aliphatic heterocycles. The Kier molecular flexibility index (Phi) is 14.0. The first-order valence-electron chi connectivity index (χ1n) is 19.3. The summed E-state index contributed by atoms with van der Waals surface area (Å²) in [5.74, 6) is -2.62. The Bertz CT molecular complexity index is 1920. The lowest BCUT2D eigenvalue weighted by Gasteiger charge is -2.41. The minimum Gasteiger partial charge on any atom is -0.482 e. The van der Waals surface area contributed by atoms with Crippen molar-refractivity contribution < 1.29 is 63.8 Å². The van der Waals surface area contributed by atoms with Crippen molar-refractivity contribution in [3.8, 4) is 17.2 Å². The number of nitrogens with zero attached hydrogens (tertiary/aromatic N) is 3. The van der Waals surface area contributed by atoms with Crippen molar-refractivity contribution in [2.24, 2.45) is 5.92 Å². The van der Waals surface area contributed by atoms with Crippen LogP contribution in [0.1, 0.15) is 57.9 Å². The summed E-state index contributed by atoms with van der Waals surface area (Å²) >= 11 is 0. The molecule has 1 saturated carbocycles. The van der Waals surface area contributed by atoms with E-state index in [0.29, 0.717) is 56.1 Å². The van der Waals surface area contributed by atoms with Gasteiger partial charge in [0.2, 0.25) is 5.91 Å². The van der Waals surface area contributed by atoms with Gasteiger partial charge in [-0.2, -0.15) is 21.6 Å². The Balaban J connectivity index is 1.54. The number of benzene rings is 2. The molecule has 322 valence electrons. The highest BCUT2D eigenvalue weighted by Gasteiger charge is 2.49. The fraction of sp³-hybridized carbons (Fsp3) is 0.615. The highest BCUT2D eigenvalue weighted by atomic mass is 32.2. The van der Waals surface area contributed by atoms with Crippen LogP contribution in [0.25, 0.3) is 0 Å². The predicted octanol–water partition coefficient (Wildman–Crippen LogP) is 6.90. The third-order valence-electron chi connectivity index (χ3n) is 9.75. The van der Waals surface area contributed by atoms with Crippen LogP contribution in [0, 0.1) is 5.92 Å². The van der Waals surface area contributed by atoms with Crippen LogP contribution >= 0.6 is 0 Å². The van der Waals surface area contributed by atoms with E-state index in [-0.39, 0.29) is 62.1 Å². The Morgan fingerprint density at radius 2 is 1.71 bits per heavy atom. The SMILES string of the molecule is COCCCN1C(=O)COc2ccc(N(C(=O)[C@H]3CN(C(=O)OC(C)(C)C)CC[C@@H]3c3cc(OCOCC[Si](C)(C)C)cc(OS(=O)(=O)C(F)(F)F)c3)C3CC3)cc21. The molecule has 0 aromatic heterocycles. The lowest BCUT2D eigenvalue weighted by atomic mass is 9.79. The molecule has 19 heteroatoms. The van der Waals surface area contributed by atoms with Crippen molar-refractivity contribution in [2.75, 3.05) is 63.2 Å². The number of anilines is 2. The quantitative estimate of drug-likeness (QED) is 0.0570. The van der Waals surface area contributed by atoms with E-state index in [1.807, 2.05) is 0 Å². The van der Waals surface area contributed by atoms with Crippen LogP contribution in [0.5, 0.6) is 17.2 Å². The second-order valence-electron chi connectivity index (χ2n) is 16.9. The van der Waals surface area contributed by atoms with Crippen molar-refractivity contribution >= 4 is 47.5 Å². The van der Waals surface area contributed by atoms with E-state index in [4.69, 9.17) is 23.7 Å². The second-order valence-corrected chi connectivity index (χ2v) is 24.1. The number of hydrogen-bond acceptors (Lipinski definition) is 11. The lowest BCUT2D eigenvalue weighted by molar-refractivity contribution is -0.124. The molecule has 0 spiro atoms. The number of piperidine rings is 1. The standard InChI is InChI=1S/C39H54F3N3O11SSi/c1-38(2,3)55-37(48)43-15-13-31(26-19-29(54-25-52-17-18-58(5,6)7)22-30(20-26)56-57(49,50)39(40,41)42)32(23-43)36(47)45(27-9-10-27)28-11-12-34-33(21-28)44(14-8-16-51-4)35(46)24-53-34/h11-12,19-22,27,31-32H,8-10,13-18,23-25H2,1-7H3/t31-,32+/m1/s1. The molecule has 1 aliphatic carbocycles. The first kappa shape index (κ1) is 45.0. The molecule has 2 aromatic carbocycles. The smallest absolute Gasteiger partial charge is 0.482 e. The van der Waals surface area contributed by atoms with E-state index in [1.165, 1.54) is 11.0 Å². The molecule has 5 rings (SSSR count). The Hall–Kier alpha value is -4.07. The number of carbonyl (C=O) groups is 3. The summed E-state index contributed by atoms with van der Waals surface area (Å²) in [5.41, 5.74) is -5.32. The van der Waals surface area contributed by atoms with Crippen molar-refractivity contribution in [2.45, 2.75) is 95.2 Å². The maximum absolute atomic E-state index is 15.1. The van der Waals surface area contributed by atoms with Gasteiger partial charge >= 0.3 is 21.7 Å². The molecule has 0 radical (unpaired) electrons.